The lowest BCUT2D eigenvalue weighted by molar-refractivity contribution is 0.0697. The van der Waals surface area contributed by atoms with E-state index in [9.17, 15) is 23.9 Å². The molecule has 23 heavy (non-hydrogen) atoms. The van der Waals surface area contributed by atoms with Crippen LogP contribution in [0.5, 0.6) is 0 Å². The molecule has 0 aliphatic rings. The highest BCUT2D eigenvalue weighted by atomic mass is 127. The number of pyridine rings is 1. The van der Waals surface area contributed by atoms with Gasteiger partial charge in [0.15, 0.2) is 0 Å². The predicted molar refractivity (Wildman–Crippen MR) is 90.4 cm³/mol. The van der Waals surface area contributed by atoms with Crippen molar-refractivity contribution >= 4 is 40.3 Å². The van der Waals surface area contributed by atoms with Crippen LogP contribution in [0.2, 0.25) is 0 Å². The molecule has 1 aromatic carbocycles. The van der Waals surface area contributed by atoms with Gasteiger partial charge in [-0.2, -0.15) is 0 Å². The average molecular weight is 430 g/mol. The number of aromatic nitrogens is 1. The molecule has 0 saturated heterocycles. The Morgan fingerprint density at radius 1 is 1.26 bits per heavy atom. The first-order valence-electron chi connectivity index (χ1n) is 6.42. The van der Waals surface area contributed by atoms with Gasteiger partial charge in [0.25, 0.3) is 11.5 Å². The van der Waals surface area contributed by atoms with Gasteiger partial charge in [-0.25, -0.2) is 9.18 Å². The molecule has 0 atom stereocenters. The fourth-order valence-electron chi connectivity index (χ4n) is 2.06. The molecule has 1 aromatic heterocycles. The molecule has 120 valence electrons. The summed E-state index contributed by atoms with van der Waals surface area (Å²) in [7, 11) is 1.33. The van der Waals surface area contributed by atoms with E-state index in [0.29, 0.717) is 3.57 Å². The van der Waals surface area contributed by atoms with Gasteiger partial charge in [-0.1, -0.05) is 0 Å². The van der Waals surface area contributed by atoms with Gasteiger partial charge in [0, 0.05) is 16.2 Å². The molecule has 8 heteroatoms. The summed E-state index contributed by atoms with van der Waals surface area (Å²) in [6, 6.07) is 5.19. The Morgan fingerprint density at radius 3 is 2.48 bits per heavy atom. The zero-order valence-corrected chi connectivity index (χ0v) is 14.3. The standard InChI is InChI=1S/C15H12FIN2O4/c1-7-5-10(15(22)23)12(19(2)14(7)21)18-13(20)9-4-3-8(17)6-11(9)16/h3-6H,1-2H3,(H,18,20)(H,22,23). The average Bonchev–Trinajstić information content (AvgIpc) is 2.47. The molecule has 1 heterocycles. The molecule has 0 saturated carbocycles. The minimum absolute atomic E-state index is 0.198. The number of carboxylic acid groups (broad SMARTS) is 1. The third-order valence-electron chi connectivity index (χ3n) is 3.23. The first-order valence-corrected chi connectivity index (χ1v) is 7.50. The smallest absolute Gasteiger partial charge is 0.339 e. The van der Waals surface area contributed by atoms with Crippen LogP contribution in [0.1, 0.15) is 26.3 Å². The number of aromatic carboxylic acids is 1. The highest BCUT2D eigenvalue weighted by Crippen LogP contribution is 2.18. The van der Waals surface area contributed by atoms with Gasteiger partial charge in [0.05, 0.1) is 5.56 Å². The van der Waals surface area contributed by atoms with Gasteiger partial charge >= 0.3 is 5.97 Å². The molecule has 6 nitrogen and oxygen atoms in total. The number of hydrogen-bond acceptors (Lipinski definition) is 3. The number of hydrogen-bond donors (Lipinski definition) is 2. The number of benzene rings is 1. The summed E-state index contributed by atoms with van der Waals surface area (Å²) in [6.45, 7) is 1.47. The maximum absolute atomic E-state index is 13.9. The van der Waals surface area contributed by atoms with Crippen LogP contribution in [-0.4, -0.2) is 21.6 Å². The van der Waals surface area contributed by atoms with E-state index < -0.39 is 23.3 Å². The Balaban J connectivity index is 2.51. The van der Waals surface area contributed by atoms with Crippen molar-refractivity contribution in [1.82, 2.24) is 4.57 Å². The highest BCUT2D eigenvalue weighted by molar-refractivity contribution is 14.1. The monoisotopic (exact) mass is 430 g/mol. The van der Waals surface area contributed by atoms with Gasteiger partial charge < -0.3 is 10.4 Å². The van der Waals surface area contributed by atoms with Crippen molar-refractivity contribution in [3.05, 3.63) is 60.7 Å². The van der Waals surface area contributed by atoms with E-state index >= 15 is 0 Å². The molecule has 0 aliphatic heterocycles. The third kappa shape index (κ3) is 3.41. The predicted octanol–water partition coefficient (Wildman–Crippen LogP) is 2.39. The SMILES string of the molecule is Cc1cc(C(=O)O)c(NC(=O)c2ccc(I)cc2F)n(C)c1=O. The molecule has 2 N–H and O–H groups in total. The van der Waals surface area contributed by atoms with Crippen LogP contribution in [0.3, 0.4) is 0 Å². The molecule has 2 aromatic rings. The summed E-state index contributed by atoms with van der Waals surface area (Å²) in [5.41, 5.74) is -0.713. The van der Waals surface area contributed by atoms with Crippen LogP contribution >= 0.6 is 22.6 Å². The van der Waals surface area contributed by atoms with Crippen LogP contribution in [-0.2, 0) is 7.05 Å². The Kier molecular flexibility index (Phi) is 4.83. The number of nitrogens with zero attached hydrogens (tertiary/aromatic N) is 1. The first kappa shape index (κ1) is 17.1. The normalized spacial score (nSPS) is 10.4. The Labute approximate surface area is 144 Å². The second-order valence-corrected chi connectivity index (χ2v) is 6.08. The molecular formula is C15H12FIN2O4. The maximum Gasteiger partial charge on any atom is 0.339 e. The van der Waals surface area contributed by atoms with E-state index in [2.05, 4.69) is 5.32 Å². The summed E-state index contributed by atoms with van der Waals surface area (Å²) in [5.74, 6) is -3.07. The van der Waals surface area contributed by atoms with Crippen molar-refractivity contribution in [2.45, 2.75) is 6.92 Å². The fraction of sp³-hybridized carbons (Fsp3) is 0.133. The van der Waals surface area contributed by atoms with E-state index in [1.807, 2.05) is 22.6 Å². The molecular weight excluding hydrogens is 418 g/mol. The van der Waals surface area contributed by atoms with E-state index in [4.69, 9.17) is 0 Å². The number of amides is 1. The van der Waals surface area contributed by atoms with Crippen LogP contribution in [0.25, 0.3) is 0 Å². The lowest BCUT2D eigenvalue weighted by Gasteiger charge is -2.14. The van der Waals surface area contributed by atoms with Crippen LogP contribution in [0.4, 0.5) is 10.2 Å². The van der Waals surface area contributed by atoms with Crippen molar-refractivity contribution in [1.29, 1.82) is 0 Å². The van der Waals surface area contributed by atoms with E-state index in [1.165, 1.54) is 32.2 Å². The third-order valence-corrected chi connectivity index (χ3v) is 3.90. The minimum atomic E-state index is -1.30. The van der Waals surface area contributed by atoms with Crippen LogP contribution < -0.4 is 10.9 Å². The number of carbonyl (C=O) groups is 2. The molecule has 0 bridgehead atoms. The molecule has 0 aliphatic carbocycles. The molecule has 0 fully saturated rings. The minimum Gasteiger partial charge on any atom is -0.478 e. The van der Waals surface area contributed by atoms with Crippen molar-refractivity contribution < 1.29 is 19.1 Å². The van der Waals surface area contributed by atoms with Gasteiger partial charge in [0.2, 0.25) is 0 Å². The number of carbonyl (C=O) groups excluding carboxylic acids is 1. The van der Waals surface area contributed by atoms with Crippen molar-refractivity contribution in [3.8, 4) is 0 Å². The number of anilines is 1. The Hall–Kier alpha value is -2.23. The number of nitrogens with one attached hydrogen (secondary N) is 1. The van der Waals surface area contributed by atoms with Crippen LogP contribution in [0.15, 0.2) is 29.1 Å². The molecule has 0 unspecified atom stereocenters. The zero-order chi connectivity index (χ0) is 17.3. The zero-order valence-electron chi connectivity index (χ0n) is 12.2. The quantitative estimate of drug-likeness (QED) is 0.733. The summed E-state index contributed by atoms with van der Waals surface area (Å²) < 4.78 is 15.5. The van der Waals surface area contributed by atoms with Crippen molar-refractivity contribution in [3.63, 3.8) is 0 Å². The van der Waals surface area contributed by atoms with E-state index in [0.717, 1.165) is 4.57 Å². The molecule has 0 radical (unpaired) electrons. The second kappa shape index (κ2) is 6.49. The largest absolute Gasteiger partial charge is 0.478 e. The maximum atomic E-state index is 13.9. The topological polar surface area (TPSA) is 88.4 Å². The Bertz CT molecular complexity index is 877. The summed E-state index contributed by atoms with van der Waals surface area (Å²) in [5, 5.41) is 11.5. The lowest BCUT2D eigenvalue weighted by atomic mass is 10.1. The second-order valence-electron chi connectivity index (χ2n) is 4.84. The molecule has 1 amide bonds. The molecule has 2 rings (SSSR count). The fourth-order valence-corrected chi connectivity index (χ4v) is 2.51. The first-order chi connectivity index (χ1) is 10.7. The van der Waals surface area contributed by atoms with Gasteiger partial charge in [-0.05, 0) is 53.8 Å². The number of rotatable bonds is 3. The number of halogens is 2. The van der Waals surface area contributed by atoms with E-state index in [-0.39, 0.29) is 22.5 Å². The number of carboxylic acids is 1. The van der Waals surface area contributed by atoms with Gasteiger partial charge in [-0.15, -0.1) is 0 Å². The van der Waals surface area contributed by atoms with E-state index in [1.54, 1.807) is 6.07 Å². The Morgan fingerprint density at radius 2 is 1.91 bits per heavy atom. The lowest BCUT2D eigenvalue weighted by Crippen LogP contribution is -2.28. The van der Waals surface area contributed by atoms with Crippen LogP contribution in [0, 0.1) is 16.3 Å². The van der Waals surface area contributed by atoms with Gasteiger partial charge in [-0.3, -0.25) is 14.2 Å². The molecule has 0 spiro atoms. The highest BCUT2D eigenvalue weighted by Gasteiger charge is 2.20. The van der Waals surface area contributed by atoms with Gasteiger partial charge in [0.1, 0.15) is 17.2 Å². The summed E-state index contributed by atoms with van der Waals surface area (Å²) in [6.07, 6.45) is 0. The summed E-state index contributed by atoms with van der Waals surface area (Å²) >= 11 is 1.90. The number of aryl methyl sites for hydroxylation is 1. The summed E-state index contributed by atoms with van der Waals surface area (Å²) in [4.78, 5) is 35.5. The van der Waals surface area contributed by atoms with Crippen molar-refractivity contribution in [2.75, 3.05) is 5.32 Å². The van der Waals surface area contributed by atoms with Crippen molar-refractivity contribution in [2.24, 2.45) is 7.05 Å².